The van der Waals surface area contributed by atoms with Gasteiger partial charge in [-0.15, -0.1) is 0 Å². The van der Waals surface area contributed by atoms with Crippen LogP contribution in [0.1, 0.15) is 153 Å². The maximum absolute atomic E-state index is 12.7. The summed E-state index contributed by atoms with van der Waals surface area (Å²) >= 11 is 0. The Morgan fingerprint density at radius 2 is 1.00 bits per heavy atom. The summed E-state index contributed by atoms with van der Waals surface area (Å²) in [6, 6.07) is 7.39. The lowest BCUT2D eigenvalue weighted by Crippen LogP contribution is -3.00. The van der Waals surface area contributed by atoms with Crippen LogP contribution in [-0.4, -0.2) is 50.7 Å². The van der Waals surface area contributed by atoms with Gasteiger partial charge in [-0.05, 0) is 49.9 Å². The van der Waals surface area contributed by atoms with Gasteiger partial charge >= 0.3 is 0 Å². The van der Waals surface area contributed by atoms with Crippen molar-refractivity contribution < 1.29 is 38.0 Å². The van der Waals surface area contributed by atoms with E-state index >= 15 is 0 Å². The van der Waals surface area contributed by atoms with Gasteiger partial charge < -0.3 is 38.5 Å². The highest BCUT2D eigenvalue weighted by Gasteiger charge is 2.21. The molecule has 0 fully saturated rings. The average Bonchev–Trinajstić information content (AvgIpc) is 2.95. The van der Waals surface area contributed by atoms with Crippen LogP contribution in [-0.2, 0) is 0 Å². The zero-order valence-electron chi connectivity index (χ0n) is 26.9. The quantitative estimate of drug-likeness (QED) is 0.0641. The minimum Gasteiger partial charge on any atom is -1.00 e. The number of amides is 1. The Bertz CT molecular complexity index is 671. The molecule has 0 aliphatic rings. The third-order valence-corrected chi connectivity index (χ3v) is 8.39. The van der Waals surface area contributed by atoms with Crippen LogP contribution in [0.2, 0.25) is 0 Å². The molecule has 40 heavy (non-hydrogen) atoms. The molecule has 0 aliphatic carbocycles. The number of rotatable bonds is 27. The molecule has 0 spiro atoms. The van der Waals surface area contributed by atoms with Crippen molar-refractivity contribution in [2.24, 2.45) is 0 Å². The van der Waals surface area contributed by atoms with Crippen LogP contribution >= 0.6 is 0 Å². The molecular weight excluding hydrogens is 607 g/mol. The lowest BCUT2D eigenvalue weighted by atomic mass is 10.1. The zero-order valence-corrected chi connectivity index (χ0v) is 29.1. The topological polar surface area (TPSA) is 38.3 Å². The number of halogens is 1. The third kappa shape index (κ3) is 21.0. The number of nitrogens with one attached hydrogen (secondary N) is 1. The number of hydrogen-bond acceptors (Lipinski definition) is 2. The molecule has 0 radical (unpaired) electrons. The molecule has 5 heteroatoms. The van der Waals surface area contributed by atoms with Crippen LogP contribution in [0.25, 0.3) is 0 Å². The van der Waals surface area contributed by atoms with Crippen molar-refractivity contribution in [3.05, 3.63) is 29.8 Å². The van der Waals surface area contributed by atoms with Crippen molar-refractivity contribution >= 4 is 5.91 Å². The molecule has 4 nitrogen and oxygen atoms in total. The number of methoxy groups -OCH3 is 1. The van der Waals surface area contributed by atoms with E-state index in [2.05, 4.69) is 26.2 Å². The highest BCUT2D eigenvalue weighted by molar-refractivity contribution is 5.94. The maximum atomic E-state index is 12.7. The molecule has 234 valence electrons. The van der Waals surface area contributed by atoms with Gasteiger partial charge in [0, 0.05) is 5.56 Å². The minimum absolute atomic E-state index is 0. The molecule has 0 saturated heterocycles. The summed E-state index contributed by atoms with van der Waals surface area (Å²) in [5, 5.41) is 3.18. The second kappa shape index (κ2) is 27.0. The standard InChI is InChI=1S/C35H64N2O2.HI/c1-5-7-9-11-13-15-17-19-21-23-30-37(3,31-24-22-20-18-16-14-12-10-8-6-2)32-29-36-35(38)33-25-27-34(39-4)28-26-33;/h25-28H,5-24,29-32H2,1-4H3;1H. The zero-order chi connectivity index (χ0) is 28.4. The molecule has 0 aliphatic heterocycles. The van der Waals surface area contributed by atoms with E-state index in [1.54, 1.807) is 7.11 Å². The van der Waals surface area contributed by atoms with E-state index in [4.69, 9.17) is 4.74 Å². The van der Waals surface area contributed by atoms with Crippen molar-refractivity contribution in [1.82, 2.24) is 5.32 Å². The largest absolute Gasteiger partial charge is 1.00 e. The van der Waals surface area contributed by atoms with Crippen molar-refractivity contribution in [1.29, 1.82) is 0 Å². The van der Waals surface area contributed by atoms with Gasteiger partial charge in [-0.25, -0.2) is 0 Å². The SMILES string of the molecule is CCCCCCCCCCCC[N+](C)(CCCCCCCCCCCC)CCNC(=O)c1ccc(OC)cc1.[I-]. The highest BCUT2D eigenvalue weighted by Crippen LogP contribution is 2.16. The van der Waals surface area contributed by atoms with E-state index < -0.39 is 0 Å². The second-order valence-corrected chi connectivity index (χ2v) is 12.1. The molecule has 1 N–H and O–H groups in total. The van der Waals surface area contributed by atoms with Crippen LogP contribution in [0.3, 0.4) is 0 Å². The molecular formula is C35H65IN2O2. The molecule has 1 aromatic rings. The van der Waals surface area contributed by atoms with Crippen molar-refractivity contribution in [3.63, 3.8) is 0 Å². The van der Waals surface area contributed by atoms with Gasteiger partial charge in [-0.2, -0.15) is 0 Å². The first-order valence-corrected chi connectivity index (χ1v) is 16.8. The van der Waals surface area contributed by atoms with Crippen LogP contribution in [0, 0.1) is 0 Å². The molecule has 0 bridgehead atoms. The Morgan fingerprint density at radius 1 is 0.625 bits per heavy atom. The Hall–Kier alpha value is -0.820. The summed E-state index contributed by atoms with van der Waals surface area (Å²) in [6.45, 7) is 8.78. The van der Waals surface area contributed by atoms with Gasteiger partial charge in [0.25, 0.3) is 5.91 Å². The van der Waals surface area contributed by atoms with Gasteiger partial charge in [0.15, 0.2) is 0 Å². The summed E-state index contributed by atoms with van der Waals surface area (Å²) in [4.78, 5) is 12.7. The van der Waals surface area contributed by atoms with Crippen molar-refractivity contribution in [2.75, 3.05) is 40.3 Å². The number of unbranched alkanes of at least 4 members (excludes halogenated alkanes) is 18. The summed E-state index contributed by atoms with van der Waals surface area (Å²) in [7, 11) is 4.07. The molecule has 0 aromatic heterocycles. The number of quaternary nitrogens is 1. The van der Waals surface area contributed by atoms with Crippen molar-refractivity contribution in [2.45, 2.75) is 142 Å². The van der Waals surface area contributed by atoms with Gasteiger partial charge in [0.1, 0.15) is 5.75 Å². The first-order chi connectivity index (χ1) is 19.0. The maximum Gasteiger partial charge on any atom is 0.251 e. The van der Waals surface area contributed by atoms with Gasteiger partial charge in [-0.1, -0.05) is 117 Å². The van der Waals surface area contributed by atoms with Crippen LogP contribution in [0.15, 0.2) is 24.3 Å². The fraction of sp³-hybridized carbons (Fsp3) is 0.800. The van der Waals surface area contributed by atoms with Crippen LogP contribution < -0.4 is 34.0 Å². The lowest BCUT2D eigenvalue weighted by molar-refractivity contribution is -0.908. The Kier molecular flexibility index (Phi) is 26.5. The number of nitrogens with zero attached hydrogens (tertiary/aromatic N) is 1. The summed E-state index contributed by atoms with van der Waals surface area (Å²) in [6.07, 6.45) is 27.6. The number of ether oxygens (including phenoxy) is 1. The number of carbonyl (C=O) groups excluding carboxylic acids is 1. The number of benzene rings is 1. The van der Waals surface area contributed by atoms with E-state index in [0.29, 0.717) is 5.56 Å². The average molecular weight is 673 g/mol. The summed E-state index contributed by atoms with van der Waals surface area (Å²) in [5.74, 6) is 0.797. The molecule has 0 heterocycles. The van der Waals surface area contributed by atoms with E-state index in [1.807, 2.05) is 24.3 Å². The monoisotopic (exact) mass is 672 g/mol. The van der Waals surface area contributed by atoms with E-state index in [-0.39, 0.29) is 29.9 Å². The third-order valence-electron chi connectivity index (χ3n) is 8.39. The summed E-state index contributed by atoms with van der Waals surface area (Å²) in [5.41, 5.74) is 0.703. The lowest BCUT2D eigenvalue weighted by Gasteiger charge is -2.35. The highest BCUT2D eigenvalue weighted by atomic mass is 127. The smallest absolute Gasteiger partial charge is 0.251 e. The van der Waals surface area contributed by atoms with Crippen LogP contribution in [0.4, 0.5) is 0 Å². The number of likely N-dealkylation sites (N-methyl/N-ethyl adjacent to an activating group) is 1. The Morgan fingerprint density at radius 3 is 1.38 bits per heavy atom. The second-order valence-electron chi connectivity index (χ2n) is 12.1. The fourth-order valence-electron chi connectivity index (χ4n) is 5.58. The number of hydrogen-bond donors (Lipinski definition) is 1. The molecule has 0 saturated carbocycles. The van der Waals surface area contributed by atoms with Gasteiger partial charge in [0.05, 0.1) is 40.3 Å². The first-order valence-electron chi connectivity index (χ1n) is 16.8. The molecule has 1 aromatic carbocycles. The van der Waals surface area contributed by atoms with Gasteiger partial charge in [-0.3, -0.25) is 4.79 Å². The molecule has 0 unspecified atom stereocenters. The van der Waals surface area contributed by atoms with E-state index in [1.165, 1.54) is 142 Å². The summed E-state index contributed by atoms with van der Waals surface area (Å²) < 4.78 is 6.30. The Balaban J connectivity index is 0.0000152. The first kappa shape index (κ1) is 39.2. The molecule has 0 atom stereocenters. The predicted octanol–water partition coefficient (Wildman–Crippen LogP) is 6.72. The number of carbonyl (C=O) groups is 1. The van der Waals surface area contributed by atoms with Gasteiger partial charge in [0.2, 0.25) is 0 Å². The van der Waals surface area contributed by atoms with E-state index in [0.717, 1.165) is 23.3 Å². The molecule has 1 amide bonds. The predicted molar refractivity (Wildman–Crippen MR) is 170 cm³/mol. The van der Waals surface area contributed by atoms with Crippen molar-refractivity contribution in [3.8, 4) is 5.75 Å². The molecule has 1 rings (SSSR count). The van der Waals surface area contributed by atoms with Crippen LogP contribution in [0.5, 0.6) is 5.75 Å². The normalized spacial score (nSPS) is 11.3. The Labute approximate surface area is 266 Å². The fourth-order valence-corrected chi connectivity index (χ4v) is 5.58. The minimum atomic E-state index is 0. The van der Waals surface area contributed by atoms with E-state index in [9.17, 15) is 4.79 Å².